The fourth-order valence-electron chi connectivity index (χ4n) is 3.64. The van der Waals surface area contributed by atoms with E-state index >= 15 is 0 Å². The Bertz CT molecular complexity index is 838. The average molecular weight is 394 g/mol. The second-order valence-electron chi connectivity index (χ2n) is 7.43. The minimum atomic E-state index is -1.06. The molecule has 1 unspecified atom stereocenters. The molecule has 3 rings (SSSR count). The summed E-state index contributed by atoms with van der Waals surface area (Å²) in [4.78, 5) is 38.7. The van der Waals surface area contributed by atoms with E-state index in [2.05, 4.69) is 5.32 Å². The van der Waals surface area contributed by atoms with Gasteiger partial charge in [0.05, 0.1) is 12.3 Å². The maximum absolute atomic E-state index is 12.7. The summed E-state index contributed by atoms with van der Waals surface area (Å²) < 4.78 is 0. The number of carbonyl (C=O) groups is 3. The fraction of sp³-hybridized carbons (Fsp3) is 0.348. The fourth-order valence-corrected chi connectivity index (χ4v) is 3.64. The number of carboxylic acid groups (broad SMARTS) is 1. The summed E-state index contributed by atoms with van der Waals surface area (Å²) in [6.45, 7) is 0.955. The van der Waals surface area contributed by atoms with Crippen LogP contribution in [0.15, 0.2) is 60.7 Å². The Hall–Kier alpha value is -3.15. The Labute approximate surface area is 170 Å². The number of carbonyl (C=O) groups excluding carboxylic acids is 2. The van der Waals surface area contributed by atoms with Gasteiger partial charge in [0.15, 0.2) is 0 Å². The highest BCUT2D eigenvalue weighted by Crippen LogP contribution is 2.18. The molecule has 2 aromatic carbocycles. The minimum absolute atomic E-state index is 0.00669. The highest BCUT2D eigenvalue weighted by molar-refractivity contribution is 5.86. The van der Waals surface area contributed by atoms with Crippen LogP contribution in [-0.2, 0) is 27.2 Å². The molecule has 2 amide bonds. The lowest BCUT2D eigenvalue weighted by molar-refractivity contribution is -0.143. The summed E-state index contributed by atoms with van der Waals surface area (Å²) in [5.41, 5.74) is 1.79. The van der Waals surface area contributed by atoms with Crippen molar-refractivity contribution >= 4 is 17.8 Å². The Morgan fingerprint density at radius 2 is 1.62 bits per heavy atom. The third-order valence-corrected chi connectivity index (χ3v) is 5.24. The quantitative estimate of drug-likeness (QED) is 0.754. The lowest BCUT2D eigenvalue weighted by Crippen LogP contribution is -2.50. The molecule has 2 atom stereocenters. The van der Waals surface area contributed by atoms with Crippen molar-refractivity contribution in [2.24, 2.45) is 5.92 Å². The van der Waals surface area contributed by atoms with E-state index in [0.717, 1.165) is 17.5 Å². The number of piperidine rings is 1. The van der Waals surface area contributed by atoms with Gasteiger partial charge in [-0.2, -0.15) is 0 Å². The number of aliphatic carboxylic acids is 1. The zero-order valence-corrected chi connectivity index (χ0v) is 16.3. The molecular formula is C23H26N2O4. The molecule has 6 heteroatoms. The zero-order chi connectivity index (χ0) is 20.6. The molecule has 1 heterocycles. The van der Waals surface area contributed by atoms with Gasteiger partial charge < -0.3 is 15.3 Å². The van der Waals surface area contributed by atoms with Gasteiger partial charge in [-0.25, -0.2) is 4.79 Å². The molecule has 0 bridgehead atoms. The highest BCUT2D eigenvalue weighted by atomic mass is 16.4. The van der Waals surface area contributed by atoms with Gasteiger partial charge in [0.2, 0.25) is 11.8 Å². The van der Waals surface area contributed by atoms with Gasteiger partial charge in [0, 0.05) is 19.5 Å². The molecule has 1 aliphatic heterocycles. The summed E-state index contributed by atoms with van der Waals surface area (Å²) in [5, 5.41) is 12.2. The molecule has 0 spiro atoms. The second-order valence-corrected chi connectivity index (χ2v) is 7.43. The van der Waals surface area contributed by atoms with Gasteiger partial charge in [-0.15, -0.1) is 0 Å². The highest BCUT2D eigenvalue weighted by Gasteiger charge is 2.31. The van der Waals surface area contributed by atoms with Gasteiger partial charge in [0.1, 0.15) is 6.04 Å². The number of rotatable bonds is 7. The Morgan fingerprint density at radius 3 is 2.24 bits per heavy atom. The molecule has 1 fully saturated rings. The topological polar surface area (TPSA) is 86.7 Å². The van der Waals surface area contributed by atoms with Crippen molar-refractivity contribution in [2.45, 2.75) is 31.7 Å². The van der Waals surface area contributed by atoms with Crippen LogP contribution in [0.2, 0.25) is 0 Å². The van der Waals surface area contributed by atoms with Gasteiger partial charge in [-0.3, -0.25) is 9.59 Å². The van der Waals surface area contributed by atoms with E-state index in [9.17, 15) is 19.5 Å². The Balaban J connectivity index is 1.58. The van der Waals surface area contributed by atoms with Crippen molar-refractivity contribution in [3.8, 4) is 0 Å². The molecule has 2 N–H and O–H groups in total. The monoisotopic (exact) mass is 394 g/mol. The molecule has 152 valence electrons. The number of nitrogens with one attached hydrogen (secondary N) is 1. The molecule has 0 saturated carbocycles. The molecule has 0 aliphatic carbocycles. The van der Waals surface area contributed by atoms with E-state index in [0.29, 0.717) is 25.9 Å². The summed E-state index contributed by atoms with van der Waals surface area (Å²) in [6.07, 6.45) is 1.92. The zero-order valence-electron chi connectivity index (χ0n) is 16.3. The van der Waals surface area contributed by atoms with E-state index in [-0.39, 0.29) is 24.2 Å². The number of carboxylic acids is 1. The predicted octanol–water partition coefficient (Wildman–Crippen LogP) is 2.28. The maximum atomic E-state index is 12.7. The van der Waals surface area contributed by atoms with Crippen LogP contribution in [0.3, 0.4) is 0 Å². The summed E-state index contributed by atoms with van der Waals surface area (Å²) in [6, 6.07) is 17.8. The van der Waals surface area contributed by atoms with Crippen LogP contribution in [0.5, 0.6) is 0 Å². The molecular weight excluding hydrogens is 368 g/mol. The number of likely N-dealkylation sites (tertiary alicyclic amines) is 1. The van der Waals surface area contributed by atoms with E-state index in [1.54, 1.807) is 4.90 Å². The molecule has 1 saturated heterocycles. The summed E-state index contributed by atoms with van der Waals surface area (Å²) >= 11 is 0. The Kier molecular flexibility index (Phi) is 7.00. The van der Waals surface area contributed by atoms with Gasteiger partial charge >= 0.3 is 5.97 Å². The maximum Gasteiger partial charge on any atom is 0.326 e. The van der Waals surface area contributed by atoms with Crippen molar-refractivity contribution < 1.29 is 19.5 Å². The Morgan fingerprint density at radius 1 is 1.00 bits per heavy atom. The van der Waals surface area contributed by atoms with Crippen LogP contribution >= 0.6 is 0 Å². The van der Waals surface area contributed by atoms with Crippen LogP contribution in [0.25, 0.3) is 0 Å². The third-order valence-electron chi connectivity index (χ3n) is 5.24. The standard InChI is InChI=1S/C23H26N2O4/c26-21(15-18-10-5-2-6-11-18)25-13-7-12-19(16-25)22(27)24-20(23(28)29)14-17-8-3-1-4-9-17/h1-6,8-11,19-20H,7,12-16H2,(H,24,27)(H,28,29)/t19?,20-/m0/s1. The SMILES string of the molecule is O=C(N[C@@H](Cc1ccccc1)C(=O)O)C1CCCN(C(=O)Cc2ccccc2)C1. The minimum Gasteiger partial charge on any atom is -0.480 e. The number of nitrogens with zero attached hydrogens (tertiary/aromatic N) is 1. The molecule has 0 aromatic heterocycles. The van der Waals surface area contributed by atoms with Crippen molar-refractivity contribution in [1.29, 1.82) is 0 Å². The van der Waals surface area contributed by atoms with Gasteiger partial charge in [-0.05, 0) is 24.0 Å². The number of benzene rings is 2. The van der Waals surface area contributed by atoms with Gasteiger partial charge in [0.25, 0.3) is 0 Å². The van der Waals surface area contributed by atoms with Crippen LogP contribution in [-0.4, -0.2) is 46.9 Å². The first-order chi connectivity index (χ1) is 14.0. The summed E-state index contributed by atoms with van der Waals surface area (Å²) in [5.74, 6) is -1.76. The molecule has 1 aliphatic rings. The van der Waals surface area contributed by atoms with Crippen LogP contribution in [0.1, 0.15) is 24.0 Å². The van der Waals surface area contributed by atoms with Crippen molar-refractivity contribution in [3.63, 3.8) is 0 Å². The normalized spacial score (nSPS) is 17.4. The lowest BCUT2D eigenvalue weighted by atomic mass is 9.95. The molecule has 0 radical (unpaired) electrons. The first-order valence-electron chi connectivity index (χ1n) is 9.91. The van der Waals surface area contributed by atoms with Crippen molar-refractivity contribution in [3.05, 3.63) is 71.8 Å². The molecule has 6 nitrogen and oxygen atoms in total. The van der Waals surface area contributed by atoms with Crippen LogP contribution < -0.4 is 5.32 Å². The summed E-state index contributed by atoms with van der Waals surface area (Å²) in [7, 11) is 0. The number of amides is 2. The van der Waals surface area contributed by atoms with Crippen molar-refractivity contribution in [1.82, 2.24) is 10.2 Å². The number of hydrogen-bond donors (Lipinski definition) is 2. The first kappa shape index (κ1) is 20.6. The van der Waals surface area contributed by atoms with E-state index < -0.39 is 12.0 Å². The largest absolute Gasteiger partial charge is 0.480 e. The van der Waals surface area contributed by atoms with E-state index in [4.69, 9.17) is 0 Å². The third kappa shape index (κ3) is 5.91. The van der Waals surface area contributed by atoms with Crippen LogP contribution in [0.4, 0.5) is 0 Å². The smallest absolute Gasteiger partial charge is 0.326 e. The molecule has 2 aromatic rings. The van der Waals surface area contributed by atoms with E-state index in [1.807, 2.05) is 60.7 Å². The lowest BCUT2D eigenvalue weighted by Gasteiger charge is -2.32. The first-order valence-corrected chi connectivity index (χ1v) is 9.91. The van der Waals surface area contributed by atoms with Crippen molar-refractivity contribution in [2.75, 3.05) is 13.1 Å². The van der Waals surface area contributed by atoms with E-state index in [1.165, 1.54) is 0 Å². The second kappa shape index (κ2) is 9.87. The molecule has 29 heavy (non-hydrogen) atoms. The van der Waals surface area contributed by atoms with Gasteiger partial charge in [-0.1, -0.05) is 60.7 Å². The average Bonchev–Trinajstić information content (AvgIpc) is 2.74. The van der Waals surface area contributed by atoms with Crippen LogP contribution in [0, 0.1) is 5.92 Å². The number of hydrogen-bond acceptors (Lipinski definition) is 3. The predicted molar refractivity (Wildman–Crippen MR) is 109 cm³/mol.